The Kier molecular flexibility index (Phi) is 4.50. The number of nitrogens with one attached hydrogen (secondary N) is 1. The zero-order chi connectivity index (χ0) is 15.0. The zero-order valence-electron chi connectivity index (χ0n) is 12.9. The summed E-state index contributed by atoms with van der Waals surface area (Å²) < 4.78 is 2.87. The summed E-state index contributed by atoms with van der Waals surface area (Å²) in [5, 5.41) is 8.11. The van der Waals surface area contributed by atoms with Crippen LogP contribution in [0.1, 0.15) is 50.4 Å². The molecule has 0 aromatic carbocycles. The van der Waals surface area contributed by atoms with Gasteiger partial charge in [-0.25, -0.2) is 0 Å². The molecule has 2 atom stereocenters. The van der Waals surface area contributed by atoms with Gasteiger partial charge >= 0.3 is 0 Å². The Morgan fingerprint density at radius 2 is 2.05 bits per heavy atom. The van der Waals surface area contributed by atoms with Crippen molar-refractivity contribution in [3.05, 3.63) is 15.9 Å². The smallest absolute Gasteiger partial charge is 0.139 e. The van der Waals surface area contributed by atoms with E-state index in [2.05, 4.69) is 33.3 Å². The summed E-state index contributed by atoms with van der Waals surface area (Å²) in [6.45, 7) is 2.09. The Balaban J connectivity index is 1.60. The van der Waals surface area contributed by atoms with Crippen molar-refractivity contribution < 1.29 is 4.79 Å². The highest BCUT2D eigenvalue weighted by Gasteiger charge is 2.34. The fourth-order valence-corrected chi connectivity index (χ4v) is 4.69. The molecule has 5 heteroatoms. The molecular formula is C16H24BrN3O. The third-order valence-electron chi connectivity index (χ3n) is 4.95. The number of hydrogen-bond acceptors (Lipinski definition) is 3. The molecule has 2 fully saturated rings. The second-order valence-electron chi connectivity index (χ2n) is 6.58. The molecule has 1 N–H and O–H groups in total. The summed E-state index contributed by atoms with van der Waals surface area (Å²) in [7, 11) is 1.93. The lowest BCUT2D eigenvalue weighted by Crippen LogP contribution is -2.38. The van der Waals surface area contributed by atoms with Gasteiger partial charge in [-0.05, 0) is 54.0 Å². The fourth-order valence-electron chi connectivity index (χ4n) is 3.93. The quantitative estimate of drug-likeness (QED) is 0.885. The molecule has 2 aliphatic rings. The summed E-state index contributed by atoms with van der Waals surface area (Å²) in [6.07, 6.45) is 7.06. The van der Waals surface area contributed by atoms with Crippen LogP contribution in [0, 0.1) is 5.92 Å². The first-order valence-electron chi connectivity index (χ1n) is 8.04. The predicted molar refractivity (Wildman–Crippen MR) is 86.3 cm³/mol. The number of aromatic nitrogens is 2. The number of carbonyl (C=O) groups excluding carboxylic acids is 1. The van der Waals surface area contributed by atoms with Gasteiger partial charge in [0.25, 0.3) is 0 Å². The molecule has 4 nitrogen and oxygen atoms in total. The SMILES string of the molecule is CCc1nn(C)c(CC(=O)CC2CC3CCC(C2)N3)c1Br. The third kappa shape index (κ3) is 3.24. The molecule has 0 radical (unpaired) electrons. The van der Waals surface area contributed by atoms with Crippen molar-refractivity contribution in [1.82, 2.24) is 15.1 Å². The van der Waals surface area contributed by atoms with Gasteiger partial charge in [-0.3, -0.25) is 9.48 Å². The van der Waals surface area contributed by atoms with Gasteiger partial charge in [0.2, 0.25) is 0 Å². The summed E-state index contributed by atoms with van der Waals surface area (Å²) in [5.41, 5.74) is 2.06. The van der Waals surface area contributed by atoms with Gasteiger partial charge in [-0.1, -0.05) is 6.92 Å². The lowest BCUT2D eigenvalue weighted by molar-refractivity contribution is -0.119. The first-order valence-corrected chi connectivity index (χ1v) is 8.84. The van der Waals surface area contributed by atoms with E-state index in [0.29, 0.717) is 30.2 Å². The van der Waals surface area contributed by atoms with Crippen LogP contribution in [-0.2, 0) is 24.7 Å². The van der Waals surface area contributed by atoms with Crippen LogP contribution in [0.4, 0.5) is 0 Å². The molecule has 1 aromatic rings. The van der Waals surface area contributed by atoms with Gasteiger partial charge in [0, 0.05) is 32.0 Å². The summed E-state index contributed by atoms with van der Waals surface area (Å²) in [5.74, 6) is 0.932. The molecular weight excluding hydrogens is 330 g/mol. The second kappa shape index (κ2) is 6.21. The standard InChI is InChI=1S/C16H24BrN3O/c1-3-14-16(17)15(20(2)19-14)9-13(21)8-10-6-11-4-5-12(7-10)18-11/h10-12,18H,3-9H2,1-2H3. The molecule has 21 heavy (non-hydrogen) atoms. The third-order valence-corrected chi connectivity index (χ3v) is 5.87. The van der Waals surface area contributed by atoms with Gasteiger partial charge in [0.15, 0.2) is 0 Å². The first kappa shape index (κ1) is 15.2. The number of fused-ring (bicyclic) bond motifs is 2. The van der Waals surface area contributed by atoms with Crippen molar-refractivity contribution in [1.29, 1.82) is 0 Å². The van der Waals surface area contributed by atoms with Crippen molar-refractivity contribution in [3.63, 3.8) is 0 Å². The molecule has 2 bridgehead atoms. The van der Waals surface area contributed by atoms with Crippen LogP contribution < -0.4 is 5.32 Å². The maximum Gasteiger partial charge on any atom is 0.139 e. The van der Waals surface area contributed by atoms with Gasteiger partial charge in [-0.2, -0.15) is 5.10 Å². The molecule has 2 unspecified atom stereocenters. The highest BCUT2D eigenvalue weighted by atomic mass is 79.9. The second-order valence-corrected chi connectivity index (χ2v) is 7.37. The Labute approximate surface area is 134 Å². The van der Waals surface area contributed by atoms with Crippen LogP contribution in [0.3, 0.4) is 0 Å². The van der Waals surface area contributed by atoms with Crippen LogP contribution in [-0.4, -0.2) is 27.6 Å². The van der Waals surface area contributed by atoms with Crippen molar-refractivity contribution in [2.75, 3.05) is 0 Å². The number of nitrogens with zero attached hydrogens (tertiary/aromatic N) is 2. The number of hydrogen-bond donors (Lipinski definition) is 1. The molecule has 116 valence electrons. The first-order chi connectivity index (χ1) is 10.1. The number of Topliss-reactive ketones (excluding diaryl/α,β-unsaturated/α-hetero) is 1. The van der Waals surface area contributed by atoms with E-state index in [-0.39, 0.29) is 0 Å². The minimum Gasteiger partial charge on any atom is -0.311 e. The maximum absolute atomic E-state index is 12.4. The number of ketones is 1. The van der Waals surface area contributed by atoms with Crippen LogP contribution in [0.5, 0.6) is 0 Å². The molecule has 0 aliphatic carbocycles. The molecule has 0 spiro atoms. The highest BCUT2D eigenvalue weighted by Crippen LogP contribution is 2.33. The number of halogens is 1. The lowest BCUT2D eigenvalue weighted by Gasteiger charge is -2.28. The average molecular weight is 354 g/mol. The van der Waals surface area contributed by atoms with E-state index in [1.807, 2.05) is 11.7 Å². The van der Waals surface area contributed by atoms with E-state index in [1.165, 1.54) is 25.7 Å². The minimum atomic E-state index is 0.354. The minimum absolute atomic E-state index is 0.354. The van der Waals surface area contributed by atoms with Crippen molar-refractivity contribution in [2.24, 2.45) is 13.0 Å². The van der Waals surface area contributed by atoms with Crippen LogP contribution >= 0.6 is 15.9 Å². The number of carbonyl (C=O) groups is 1. The maximum atomic E-state index is 12.4. The van der Waals surface area contributed by atoms with Crippen LogP contribution in [0.25, 0.3) is 0 Å². The average Bonchev–Trinajstić information content (AvgIpc) is 2.92. The fraction of sp³-hybridized carbons (Fsp3) is 0.750. The Bertz CT molecular complexity index is 528. The lowest BCUT2D eigenvalue weighted by atomic mass is 9.87. The van der Waals surface area contributed by atoms with E-state index >= 15 is 0 Å². The van der Waals surface area contributed by atoms with Crippen molar-refractivity contribution in [3.8, 4) is 0 Å². The number of rotatable bonds is 5. The van der Waals surface area contributed by atoms with Crippen molar-refractivity contribution >= 4 is 21.7 Å². The monoisotopic (exact) mass is 353 g/mol. The Morgan fingerprint density at radius 3 is 2.62 bits per heavy atom. The van der Waals surface area contributed by atoms with Gasteiger partial charge in [0.1, 0.15) is 5.78 Å². The van der Waals surface area contributed by atoms with Gasteiger partial charge < -0.3 is 5.32 Å². The zero-order valence-corrected chi connectivity index (χ0v) is 14.4. The Morgan fingerprint density at radius 1 is 1.38 bits per heavy atom. The van der Waals surface area contributed by atoms with Gasteiger partial charge in [-0.15, -0.1) is 0 Å². The topological polar surface area (TPSA) is 46.9 Å². The van der Waals surface area contributed by atoms with Crippen LogP contribution in [0.15, 0.2) is 4.47 Å². The van der Waals surface area contributed by atoms with E-state index in [9.17, 15) is 4.79 Å². The summed E-state index contributed by atoms with van der Waals surface area (Å²) in [6, 6.07) is 1.33. The molecule has 3 heterocycles. The normalized spacial score (nSPS) is 28.0. The van der Waals surface area contributed by atoms with E-state index in [0.717, 1.165) is 28.7 Å². The summed E-state index contributed by atoms with van der Waals surface area (Å²) in [4.78, 5) is 12.4. The molecule has 0 saturated carbocycles. The van der Waals surface area contributed by atoms with Crippen molar-refractivity contribution in [2.45, 2.75) is 64.0 Å². The highest BCUT2D eigenvalue weighted by molar-refractivity contribution is 9.10. The van der Waals surface area contributed by atoms with Gasteiger partial charge in [0.05, 0.1) is 15.9 Å². The molecule has 3 rings (SSSR count). The van der Waals surface area contributed by atoms with E-state index in [1.54, 1.807) is 0 Å². The number of aryl methyl sites for hydroxylation is 2. The predicted octanol–water partition coefficient (Wildman–Crippen LogP) is 2.78. The molecule has 2 saturated heterocycles. The van der Waals surface area contributed by atoms with E-state index in [4.69, 9.17) is 0 Å². The number of piperidine rings is 1. The molecule has 1 aromatic heterocycles. The van der Waals surface area contributed by atoms with E-state index < -0.39 is 0 Å². The Hall–Kier alpha value is -0.680. The largest absolute Gasteiger partial charge is 0.311 e. The summed E-state index contributed by atoms with van der Waals surface area (Å²) >= 11 is 3.60. The molecule has 2 aliphatic heterocycles. The molecule has 0 amide bonds. The van der Waals surface area contributed by atoms with Crippen LogP contribution in [0.2, 0.25) is 0 Å².